The van der Waals surface area contributed by atoms with E-state index >= 15 is 0 Å². The highest BCUT2D eigenvalue weighted by Crippen LogP contribution is 2.28. The quantitative estimate of drug-likeness (QED) is 0.447. The zero-order valence-electron chi connectivity index (χ0n) is 18.1. The van der Waals surface area contributed by atoms with Crippen LogP contribution in [0.5, 0.6) is 0 Å². The standard InChI is InChI=1S/C23H24N6O2S/c1-15(2)29-10-7-18(13-29)22(31)24-12-21(30)26-23-25-20(14-32-23)17-6-4-5-16(11-17)19-8-9-28(3)27-19/h4-11,13-15H,12H2,1-3H3,(H,24,31)(H,25,26,30). The zero-order chi connectivity index (χ0) is 22.7. The van der Waals surface area contributed by atoms with Crippen LogP contribution in [0.2, 0.25) is 0 Å². The first-order valence-electron chi connectivity index (χ1n) is 10.2. The van der Waals surface area contributed by atoms with Crippen LogP contribution in [0, 0.1) is 0 Å². The number of nitrogens with one attached hydrogen (secondary N) is 2. The first-order valence-corrected chi connectivity index (χ1v) is 11.1. The highest BCUT2D eigenvalue weighted by atomic mass is 32.1. The summed E-state index contributed by atoms with van der Waals surface area (Å²) >= 11 is 1.34. The molecule has 0 atom stereocenters. The van der Waals surface area contributed by atoms with Crippen LogP contribution >= 0.6 is 11.3 Å². The molecule has 1 aromatic carbocycles. The molecule has 3 heterocycles. The molecule has 0 radical (unpaired) electrons. The SMILES string of the molecule is CC(C)n1ccc(C(=O)NCC(=O)Nc2nc(-c3cccc(-c4ccn(C)n4)c3)cs2)c1. The molecule has 4 rings (SSSR count). The lowest BCUT2D eigenvalue weighted by molar-refractivity contribution is -0.115. The summed E-state index contributed by atoms with van der Waals surface area (Å²) in [6.07, 6.45) is 5.51. The maximum Gasteiger partial charge on any atom is 0.253 e. The van der Waals surface area contributed by atoms with Crippen LogP contribution in [-0.4, -0.2) is 37.7 Å². The lowest BCUT2D eigenvalue weighted by atomic mass is 10.1. The van der Waals surface area contributed by atoms with Crippen molar-refractivity contribution in [3.8, 4) is 22.5 Å². The lowest BCUT2D eigenvalue weighted by Crippen LogP contribution is -2.32. The maximum atomic E-state index is 12.3. The summed E-state index contributed by atoms with van der Waals surface area (Å²) in [5.74, 6) is -0.615. The third-order valence-corrected chi connectivity index (χ3v) is 5.66. The van der Waals surface area contributed by atoms with Crippen molar-refractivity contribution >= 4 is 28.3 Å². The monoisotopic (exact) mass is 448 g/mol. The summed E-state index contributed by atoms with van der Waals surface area (Å²) in [6.45, 7) is 3.94. The minimum Gasteiger partial charge on any atom is -0.351 e. The fourth-order valence-corrected chi connectivity index (χ4v) is 3.90. The van der Waals surface area contributed by atoms with Gasteiger partial charge in [0.05, 0.1) is 23.5 Å². The number of rotatable bonds is 7. The number of aryl methyl sites for hydroxylation is 1. The van der Waals surface area contributed by atoms with Crippen molar-refractivity contribution in [3.05, 3.63) is 65.9 Å². The van der Waals surface area contributed by atoms with Crippen LogP contribution < -0.4 is 10.6 Å². The van der Waals surface area contributed by atoms with Crippen LogP contribution in [0.25, 0.3) is 22.5 Å². The number of hydrogen-bond donors (Lipinski definition) is 2. The third-order valence-electron chi connectivity index (χ3n) is 4.90. The second kappa shape index (κ2) is 9.19. The van der Waals surface area contributed by atoms with E-state index in [1.54, 1.807) is 16.9 Å². The Hall–Kier alpha value is -3.72. The van der Waals surface area contributed by atoms with E-state index in [-0.39, 0.29) is 24.4 Å². The molecule has 0 bridgehead atoms. The molecule has 9 heteroatoms. The smallest absolute Gasteiger partial charge is 0.253 e. The molecule has 0 spiro atoms. The molecular weight excluding hydrogens is 424 g/mol. The van der Waals surface area contributed by atoms with Gasteiger partial charge in [-0.05, 0) is 32.0 Å². The van der Waals surface area contributed by atoms with Crippen molar-refractivity contribution in [2.75, 3.05) is 11.9 Å². The van der Waals surface area contributed by atoms with Crippen molar-refractivity contribution in [1.29, 1.82) is 0 Å². The van der Waals surface area contributed by atoms with Crippen molar-refractivity contribution in [1.82, 2.24) is 24.6 Å². The average Bonchev–Trinajstić information content (AvgIpc) is 3.53. The fourth-order valence-electron chi connectivity index (χ4n) is 3.17. The Morgan fingerprint density at radius 3 is 2.56 bits per heavy atom. The van der Waals surface area contributed by atoms with Gasteiger partial charge in [0, 0.05) is 48.2 Å². The number of carbonyl (C=O) groups excluding carboxylic acids is 2. The van der Waals surface area contributed by atoms with Gasteiger partial charge in [-0.15, -0.1) is 11.3 Å². The van der Waals surface area contributed by atoms with E-state index in [4.69, 9.17) is 0 Å². The topological polar surface area (TPSA) is 93.8 Å². The number of anilines is 1. The molecular formula is C23H24N6O2S. The van der Waals surface area contributed by atoms with Gasteiger partial charge in [-0.25, -0.2) is 4.98 Å². The summed E-state index contributed by atoms with van der Waals surface area (Å²) < 4.78 is 3.70. The molecule has 164 valence electrons. The molecule has 0 aliphatic heterocycles. The van der Waals surface area contributed by atoms with Crippen LogP contribution in [-0.2, 0) is 11.8 Å². The molecule has 3 aromatic heterocycles. The van der Waals surface area contributed by atoms with Gasteiger partial charge in [0.2, 0.25) is 5.91 Å². The number of benzene rings is 1. The highest BCUT2D eigenvalue weighted by Gasteiger charge is 2.13. The molecule has 32 heavy (non-hydrogen) atoms. The Labute approximate surface area is 189 Å². The lowest BCUT2D eigenvalue weighted by Gasteiger charge is -2.06. The first kappa shape index (κ1) is 21.5. The molecule has 0 saturated heterocycles. The van der Waals surface area contributed by atoms with Crippen molar-refractivity contribution in [2.24, 2.45) is 7.05 Å². The van der Waals surface area contributed by atoms with E-state index < -0.39 is 0 Å². The molecule has 0 fully saturated rings. The second-order valence-electron chi connectivity index (χ2n) is 7.67. The molecule has 0 aliphatic carbocycles. The van der Waals surface area contributed by atoms with Gasteiger partial charge in [0.15, 0.2) is 5.13 Å². The molecule has 2 N–H and O–H groups in total. The number of amides is 2. The molecule has 8 nitrogen and oxygen atoms in total. The van der Waals surface area contributed by atoms with Crippen molar-refractivity contribution < 1.29 is 9.59 Å². The fraction of sp³-hybridized carbons (Fsp3) is 0.217. The minimum atomic E-state index is -0.329. The molecule has 4 aromatic rings. The van der Waals surface area contributed by atoms with E-state index in [1.807, 2.05) is 73.6 Å². The number of carbonyl (C=O) groups is 2. The summed E-state index contributed by atoms with van der Waals surface area (Å²) in [4.78, 5) is 29.0. The van der Waals surface area contributed by atoms with Gasteiger partial charge in [-0.3, -0.25) is 14.3 Å². The third kappa shape index (κ3) is 4.94. The van der Waals surface area contributed by atoms with Gasteiger partial charge in [-0.2, -0.15) is 5.10 Å². The van der Waals surface area contributed by atoms with Crippen LogP contribution in [0.4, 0.5) is 5.13 Å². The van der Waals surface area contributed by atoms with Crippen LogP contribution in [0.1, 0.15) is 30.2 Å². The van der Waals surface area contributed by atoms with Crippen molar-refractivity contribution in [2.45, 2.75) is 19.9 Å². The number of thiazole rings is 1. The predicted molar refractivity (Wildman–Crippen MR) is 126 cm³/mol. The Morgan fingerprint density at radius 2 is 1.88 bits per heavy atom. The molecule has 0 aliphatic rings. The van der Waals surface area contributed by atoms with E-state index in [1.165, 1.54) is 11.3 Å². The van der Waals surface area contributed by atoms with Gasteiger partial charge < -0.3 is 15.2 Å². The van der Waals surface area contributed by atoms with E-state index in [0.717, 1.165) is 22.5 Å². The minimum absolute atomic E-state index is 0.129. The Bertz CT molecular complexity index is 1250. The number of hydrogen-bond acceptors (Lipinski definition) is 5. The van der Waals surface area contributed by atoms with E-state index in [9.17, 15) is 9.59 Å². The summed E-state index contributed by atoms with van der Waals surface area (Å²) in [6, 6.07) is 11.9. The van der Waals surface area contributed by atoms with Crippen LogP contribution in [0.3, 0.4) is 0 Å². The Morgan fingerprint density at radius 1 is 1.09 bits per heavy atom. The maximum absolute atomic E-state index is 12.3. The zero-order valence-corrected chi connectivity index (χ0v) is 18.9. The summed E-state index contributed by atoms with van der Waals surface area (Å²) in [5.41, 5.74) is 4.11. The highest BCUT2D eigenvalue weighted by molar-refractivity contribution is 7.14. The van der Waals surface area contributed by atoms with Crippen LogP contribution in [0.15, 0.2) is 60.4 Å². The van der Waals surface area contributed by atoms with Crippen molar-refractivity contribution in [3.63, 3.8) is 0 Å². The Balaban J connectivity index is 1.36. The summed E-state index contributed by atoms with van der Waals surface area (Å²) in [5, 5.41) is 12.2. The predicted octanol–water partition coefficient (Wildman–Crippen LogP) is 3.96. The number of nitrogens with zero attached hydrogens (tertiary/aromatic N) is 4. The molecule has 0 unspecified atom stereocenters. The van der Waals surface area contributed by atoms with Gasteiger partial charge in [0.25, 0.3) is 5.91 Å². The van der Waals surface area contributed by atoms with Gasteiger partial charge in [-0.1, -0.05) is 18.2 Å². The van der Waals surface area contributed by atoms with E-state index in [0.29, 0.717) is 10.7 Å². The molecule has 0 saturated carbocycles. The number of aromatic nitrogens is 4. The first-order chi connectivity index (χ1) is 15.4. The average molecular weight is 449 g/mol. The largest absolute Gasteiger partial charge is 0.351 e. The van der Waals surface area contributed by atoms with E-state index in [2.05, 4.69) is 20.7 Å². The second-order valence-corrected chi connectivity index (χ2v) is 8.52. The van der Waals surface area contributed by atoms with Gasteiger partial charge >= 0.3 is 0 Å². The Kier molecular flexibility index (Phi) is 6.18. The summed E-state index contributed by atoms with van der Waals surface area (Å²) in [7, 11) is 1.88. The normalized spacial score (nSPS) is 11.0. The van der Waals surface area contributed by atoms with Gasteiger partial charge in [0.1, 0.15) is 0 Å². The molecule has 2 amide bonds.